The summed E-state index contributed by atoms with van der Waals surface area (Å²) in [6.07, 6.45) is 0.879. The SMILES string of the molecule is O=C(Nc1cccc2c1CCN(CCOCc1ccccc1)C2)c1ccc(Nc2nc(-c3ccccc3)c3ccccc3n2)cc1. The quantitative estimate of drug-likeness (QED) is 0.155. The van der Waals surface area contributed by atoms with Crippen molar-refractivity contribution < 1.29 is 9.53 Å². The molecule has 0 atom stereocenters. The summed E-state index contributed by atoms with van der Waals surface area (Å²) in [7, 11) is 0. The van der Waals surface area contributed by atoms with E-state index >= 15 is 0 Å². The molecule has 1 aliphatic rings. The zero-order valence-electron chi connectivity index (χ0n) is 25.5. The van der Waals surface area contributed by atoms with Crippen LogP contribution in [0.4, 0.5) is 17.3 Å². The predicted octanol–water partition coefficient (Wildman–Crippen LogP) is 7.87. The fourth-order valence-corrected chi connectivity index (χ4v) is 5.91. The van der Waals surface area contributed by atoms with Crippen molar-refractivity contribution in [2.24, 2.45) is 0 Å². The molecule has 0 aliphatic carbocycles. The van der Waals surface area contributed by atoms with E-state index in [0.717, 1.165) is 59.6 Å². The van der Waals surface area contributed by atoms with Gasteiger partial charge >= 0.3 is 0 Å². The van der Waals surface area contributed by atoms with Gasteiger partial charge in [0, 0.05) is 47.5 Å². The smallest absolute Gasteiger partial charge is 0.255 e. The number of rotatable bonds is 10. The topological polar surface area (TPSA) is 79.4 Å². The van der Waals surface area contributed by atoms with Crippen LogP contribution in [0.25, 0.3) is 22.2 Å². The average Bonchev–Trinajstić information content (AvgIpc) is 3.11. The molecule has 7 rings (SSSR count). The molecule has 1 aromatic heterocycles. The van der Waals surface area contributed by atoms with Gasteiger partial charge in [-0.15, -0.1) is 0 Å². The summed E-state index contributed by atoms with van der Waals surface area (Å²) >= 11 is 0. The van der Waals surface area contributed by atoms with Crippen LogP contribution >= 0.6 is 0 Å². The van der Waals surface area contributed by atoms with Crippen molar-refractivity contribution in [3.63, 3.8) is 0 Å². The first-order valence-corrected chi connectivity index (χ1v) is 15.6. The van der Waals surface area contributed by atoms with Crippen LogP contribution < -0.4 is 10.6 Å². The number of fused-ring (bicyclic) bond motifs is 2. The number of hydrogen-bond acceptors (Lipinski definition) is 6. The van der Waals surface area contributed by atoms with Crippen molar-refractivity contribution in [3.8, 4) is 11.3 Å². The maximum Gasteiger partial charge on any atom is 0.255 e. The first kappa shape index (κ1) is 29.3. The van der Waals surface area contributed by atoms with Gasteiger partial charge in [-0.2, -0.15) is 0 Å². The molecule has 0 saturated heterocycles. The third-order valence-electron chi connectivity index (χ3n) is 8.31. The number of para-hydroxylation sites is 1. The summed E-state index contributed by atoms with van der Waals surface area (Å²) in [6.45, 7) is 3.97. The number of nitrogens with one attached hydrogen (secondary N) is 2. The van der Waals surface area contributed by atoms with Gasteiger partial charge in [-0.25, -0.2) is 9.97 Å². The van der Waals surface area contributed by atoms with Crippen molar-refractivity contribution in [3.05, 3.63) is 150 Å². The lowest BCUT2D eigenvalue weighted by molar-refractivity contribution is 0.0886. The molecule has 5 aromatic carbocycles. The molecule has 1 amide bonds. The Kier molecular flexibility index (Phi) is 8.76. The number of carbonyl (C=O) groups is 1. The highest BCUT2D eigenvalue weighted by molar-refractivity contribution is 6.05. The van der Waals surface area contributed by atoms with E-state index in [4.69, 9.17) is 14.7 Å². The number of nitrogens with zero attached hydrogens (tertiary/aromatic N) is 3. The fourth-order valence-electron chi connectivity index (χ4n) is 5.91. The summed E-state index contributed by atoms with van der Waals surface area (Å²) in [6, 6.07) is 41.9. The maximum atomic E-state index is 13.3. The molecule has 0 radical (unpaired) electrons. The van der Waals surface area contributed by atoms with E-state index in [0.29, 0.717) is 24.7 Å². The Morgan fingerprint density at radius 2 is 1.54 bits per heavy atom. The van der Waals surface area contributed by atoms with Crippen molar-refractivity contribution >= 4 is 34.1 Å². The van der Waals surface area contributed by atoms with Crippen LogP contribution in [0.15, 0.2) is 127 Å². The average molecular weight is 606 g/mol. The monoisotopic (exact) mass is 605 g/mol. The standard InChI is InChI=1S/C39H35N5O2/c45-38(41-35-17-9-14-31-26-44(23-22-33(31)35)24-25-46-27-28-10-3-1-4-11-28)30-18-20-32(21-19-30)40-39-42-36-16-8-7-15-34(36)37(43-39)29-12-5-2-6-13-29/h1-21H,22-27H2,(H,41,45)(H,40,42,43). The zero-order valence-corrected chi connectivity index (χ0v) is 25.5. The lowest BCUT2D eigenvalue weighted by atomic mass is 9.97. The molecular formula is C39H35N5O2. The van der Waals surface area contributed by atoms with Gasteiger partial charge in [0.15, 0.2) is 0 Å². The lowest BCUT2D eigenvalue weighted by Crippen LogP contribution is -2.33. The second-order valence-electron chi connectivity index (χ2n) is 11.4. The molecule has 0 unspecified atom stereocenters. The van der Waals surface area contributed by atoms with Gasteiger partial charge in [-0.05, 0) is 59.5 Å². The van der Waals surface area contributed by atoms with Crippen LogP contribution in [0.1, 0.15) is 27.0 Å². The number of hydrogen-bond donors (Lipinski definition) is 2. The highest BCUT2D eigenvalue weighted by atomic mass is 16.5. The van der Waals surface area contributed by atoms with Gasteiger partial charge in [-0.3, -0.25) is 9.69 Å². The van der Waals surface area contributed by atoms with E-state index < -0.39 is 0 Å². The Bertz CT molecular complexity index is 1950. The molecule has 2 N–H and O–H groups in total. The Morgan fingerprint density at radius 3 is 2.37 bits per heavy atom. The number of carbonyl (C=O) groups excluding carboxylic acids is 1. The minimum atomic E-state index is -0.134. The number of benzene rings is 5. The van der Waals surface area contributed by atoms with Crippen molar-refractivity contribution in [2.45, 2.75) is 19.6 Å². The molecule has 0 spiro atoms. The summed E-state index contributed by atoms with van der Waals surface area (Å²) in [4.78, 5) is 25.3. The van der Waals surface area contributed by atoms with Gasteiger partial charge in [0.05, 0.1) is 24.4 Å². The van der Waals surface area contributed by atoms with Gasteiger partial charge in [0.25, 0.3) is 5.91 Å². The summed E-state index contributed by atoms with van der Waals surface area (Å²) in [5.74, 6) is 0.368. The Labute approximate surface area is 268 Å². The first-order valence-electron chi connectivity index (χ1n) is 15.6. The third-order valence-corrected chi connectivity index (χ3v) is 8.31. The molecule has 228 valence electrons. The maximum absolute atomic E-state index is 13.3. The van der Waals surface area contributed by atoms with Crippen LogP contribution in [-0.2, 0) is 24.3 Å². The lowest BCUT2D eigenvalue weighted by Gasteiger charge is -2.30. The van der Waals surface area contributed by atoms with Crippen LogP contribution in [0.2, 0.25) is 0 Å². The second kappa shape index (κ2) is 13.7. The normalized spacial score (nSPS) is 12.9. The highest BCUT2D eigenvalue weighted by Gasteiger charge is 2.20. The summed E-state index contributed by atoms with van der Waals surface area (Å²) < 4.78 is 5.91. The van der Waals surface area contributed by atoms with Crippen molar-refractivity contribution in [2.75, 3.05) is 30.3 Å². The largest absolute Gasteiger partial charge is 0.375 e. The molecular weight excluding hydrogens is 570 g/mol. The number of anilines is 3. The molecule has 7 nitrogen and oxygen atoms in total. The molecule has 0 saturated carbocycles. The number of ether oxygens (including phenoxy) is 1. The van der Waals surface area contributed by atoms with Crippen LogP contribution in [0.5, 0.6) is 0 Å². The molecule has 1 aliphatic heterocycles. The van der Waals surface area contributed by atoms with Gasteiger partial charge in [0.2, 0.25) is 5.95 Å². The van der Waals surface area contributed by atoms with Crippen LogP contribution in [0.3, 0.4) is 0 Å². The second-order valence-corrected chi connectivity index (χ2v) is 11.4. The van der Waals surface area contributed by atoms with E-state index in [1.54, 1.807) is 0 Å². The summed E-state index contributed by atoms with van der Waals surface area (Å²) in [5.41, 5.74) is 8.67. The number of aromatic nitrogens is 2. The molecule has 6 aromatic rings. The van der Waals surface area contributed by atoms with E-state index in [-0.39, 0.29) is 5.91 Å². The van der Waals surface area contributed by atoms with Gasteiger partial charge in [-0.1, -0.05) is 91.0 Å². The molecule has 7 heteroatoms. The van der Waals surface area contributed by atoms with Crippen molar-refractivity contribution in [1.29, 1.82) is 0 Å². The molecule has 46 heavy (non-hydrogen) atoms. The van der Waals surface area contributed by atoms with E-state index in [1.165, 1.54) is 16.7 Å². The Morgan fingerprint density at radius 1 is 0.783 bits per heavy atom. The van der Waals surface area contributed by atoms with Gasteiger partial charge in [0.1, 0.15) is 0 Å². The third kappa shape index (κ3) is 6.81. The summed E-state index contributed by atoms with van der Waals surface area (Å²) in [5, 5.41) is 7.48. The molecule has 2 heterocycles. The molecule has 0 bridgehead atoms. The fraction of sp³-hybridized carbons (Fsp3) is 0.154. The van der Waals surface area contributed by atoms with E-state index in [9.17, 15) is 4.79 Å². The van der Waals surface area contributed by atoms with E-state index in [2.05, 4.69) is 45.9 Å². The Balaban J connectivity index is 0.983. The van der Waals surface area contributed by atoms with E-state index in [1.807, 2.05) is 97.1 Å². The number of amides is 1. The van der Waals surface area contributed by atoms with Gasteiger partial charge < -0.3 is 15.4 Å². The highest BCUT2D eigenvalue weighted by Crippen LogP contribution is 2.29. The minimum absolute atomic E-state index is 0.134. The van der Waals surface area contributed by atoms with Crippen molar-refractivity contribution in [1.82, 2.24) is 14.9 Å². The first-order chi connectivity index (χ1) is 22.7. The zero-order chi connectivity index (χ0) is 31.1. The Hall–Kier alpha value is -5.37. The predicted molar refractivity (Wildman–Crippen MR) is 184 cm³/mol. The minimum Gasteiger partial charge on any atom is -0.375 e. The van der Waals surface area contributed by atoms with Crippen LogP contribution in [0, 0.1) is 0 Å². The molecule has 0 fully saturated rings. The van der Waals surface area contributed by atoms with Crippen LogP contribution in [-0.4, -0.2) is 40.5 Å².